The van der Waals surface area contributed by atoms with Crippen LogP contribution in [0.1, 0.15) is 26.3 Å². The summed E-state index contributed by atoms with van der Waals surface area (Å²) < 4.78 is 31.3. The second-order valence-corrected chi connectivity index (χ2v) is 4.70. The van der Waals surface area contributed by atoms with Gasteiger partial charge in [0.05, 0.1) is 7.11 Å². The molecule has 0 spiro atoms. The smallest absolute Gasteiger partial charge is 0.190 e. The van der Waals surface area contributed by atoms with E-state index in [1.54, 1.807) is 0 Å². The van der Waals surface area contributed by atoms with Crippen molar-refractivity contribution in [2.75, 3.05) is 7.11 Å². The fourth-order valence-electron chi connectivity index (χ4n) is 1.28. The number of methoxy groups -OCH3 is 1. The summed E-state index contributed by atoms with van der Waals surface area (Å²) in [7, 11) is 1.24. The molecule has 0 aromatic heterocycles. The summed E-state index contributed by atoms with van der Waals surface area (Å²) in [4.78, 5) is 0. The second-order valence-electron chi connectivity index (χ2n) is 4.70. The first-order chi connectivity index (χ1) is 7.33. The Labute approximate surface area is 94.6 Å². The van der Waals surface area contributed by atoms with E-state index in [2.05, 4.69) is 10.1 Å². The molecular weight excluding hydrogens is 212 g/mol. The second kappa shape index (κ2) is 4.78. The highest BCUT2D eigenvalue weighted by molar-refractivity contribution is 5.31. The standard InChI is InChI=1S/C12H17F2NO/c1-12(2,3)15-7-8-5-9(13)11(16-4)10(14)6-8/h5-6,15H,7H2,1-4H3. The van der Waals surface area contributed by atoms with Crippen molar-refractivity contribution in [3.63, 3.8) is 0 Å². The van der Waals surface area contributed by atoms with Crippen molar-refractivity contribution in [2.45, 2.75) is 32.9 Å². The van der Waals surface area contributed by atoms with Crippen molar-refractivity contribution in [3.8, 4) is 5.75 Å². The Bertz CT molecular complexity index is 349. The first-order valence-electron chi connectivity index (χ1n) is 5.10. The van der Waals surface area contributed by atoms with Crippen LogP contribution in [0.5, 0.6) is 5.75 Å². The van der Waals surface area contributed by atoms with Gasteiger partial charge in [-0.15, -0.1) is 0 Å². The maximum absolute atomic E-state index is 13.3. The topological polar surface area (TPSA) is 21.3 Å². The van der Waals surface area contributed by atoms with Crippen molar-refractivity contribution in [1.29, 1.82) is 0 Å². The van der Waals surface area contributed by atoms with Gasteiger partial charge in [0.2, 0.25) is 0 Å². The first kappa shape index (κ1) is 12.9. The number of hydrogen-bond acceptors (Lipinski definition) is 2. The molecule has 0 unspecified atom stereocenters. The average Bonchev–Trinajstić information content (AvgIpc) is 2.13. The molecule has 0 aliphatic heterocycles. The van der Waals surface area contributed by atoms with Crippen LogP contribution in [0.2, 0.25) is 0 Å². The monoisotopic (exact) mass is 229 g/mol. The van der Waals surface area contributed by atoms with Crippen molar-refractivity contribution in [1.82, 2.24) is 5.32 Å². The molecule has 0 atom stereocenters. The summed E-state index contributed by atoms with van der Waals surface area (Å²) in [6.45, 7) is 6.39. The Hall–Kier alpha value is -1.16. The van der Waals surface area contributed by atoms with Gasteiger partial charge in [0.1, 0.15) is 0 Å². The zero-order valence-corrected chi connectivity index (χ0v) is 10.0. The van der Waals surface area contributed by atoms with Crippen LogP contribution in [-0.4, -0.2) is 12.6 Å². The lowest BCUT2D eigenvalue weighted by Gasteiger charge is -2.20. The molecule has 0 bridgehead atoms. The number of benzene rings is 1. The van der Waals surface area contributed by atoms with E-state index in [0.29, 0.717) is 12.1 Å². The zero-order valence-electron chi connectivity index (χ0n) is 10.0. The van der Waals surface area contributed by atoms with Crippen LogP contribution < -0.4 is 10.1 Å². The van der Waals surface area contributed by atoms with Gasteiger partial charge >= 0.3 is 0 Å². The lowest BCUT2D eigenvalue weighted by atomic mass is 10.1. The maximum Gasteiger partial charge on any atom is 0.190 e. The third kappa shape index (κ3) is 3.45. The molecule has 0 heterocycles. The number of ether oxygens (including phenoxy) is 1. The molecule has 0 saturated carbocycles. The van der Waals surface area contributed by atoms with E-state index in [9.17, 15) is 8.78 Å². The molecule has 90 valence electrons. The Morgan fingerprint density at radius 1 is 1.19 bits per heavy atom. The van der Waals surface area contributed by atoms with Crippen LogP contribution in [0.25, 0.3) is 0 Å². The molecule has 0 amide bonds. The lowest BCUT2D eigenvalue weighted by molar-refractivity contribution is 0.358. The van der Waals surface area contributed by atoms with Gasteiger partial charge in [-0.25, -0.2) is 8.78 Å². The van der Waals surface area contributed by atoms with Gasteiger partial charge in [-0.2, -0.15) is 0 Å². The molecule has 4 heteroatoms. The van der Waals surface area contributed by atoms with Gasteiger partial charge in [0.15, 0.2) is 17.4 Å². The fraction of sp³-hybridized carbons (Fsp3) is 0.500. The molecule has 0 saturated heterocycles. The Morgan fingerprint density at radius 3 is 2.06 bits per heavy atom. The molecule has 16 heavy (non-hydrogen) atoms. The number of nitrogens with one attached hydrogen (secondary N) is 1. The van der Waals surface area contributed by atoms with Crippen LogP contribution >= 0.6 is 0 Å². The highest BCUT2D eigenvalue weighted by Gasteiger charge is 2.13. The van der Waals surface area contributed by atoms with Crippen LogP contribution in [0, 0.1) is 11.6 Å². The minimum absolute atomic E-state index is 0.0904. The van der Waals surface area contributed by atoms with Gasteiger partial charge < -0.3 is 10.1 Å². The van der Waals surface area contributed by atoms with E-state index in [-0.39, 0.29) is 11.3 Å². The van der Waals surface area contributed by atoms with Crippen molar-refractivity contribution >= 4 is 0 Å². The van der Waals surface area contributed by atoms with Gasteiger partial charge in [-0.1, -0.05) is 0 Å². The van der Waals surface area contributed by atoms with E-state index in [1.807, 2.05) is 20.8 Å². The largest absolute Gasteiger partial charge is 0.491 e. The Morgan fingerprint density at radius 2 is 1.69 bits per heavy atom. The summed E-state index contributed by atoms with van der Waals surface area (Å²) in [6, 6.07) is 2.56. The molecule has 1 rings (SSSR count). The zero-order chi connectivity index (χ0) is 12.3. The quantitative estimate of drug-likeness (QED) is 0.860. The number of halogens is 2. The number of rotatable bonds is 3. The molecule has 0 fully saturated rings. The summed E-state index contributed by atoms with van der Waals surface area (Å²) in [5, 5.41) is 3.16. The molecule has 0 aliphatic carbocycles. The van der Waals surface area contributed by atoms with Gasteiger partial charge in [-0.05, 0) is 38.5 Å². The predicted molar refractivity (Wildman–Crippen MR) is 59.5 cm³/mol. The Kier molecular flexibility index (Phi) is 3.86. The fourth-order valence-corrected chi connectivity index (χ4v) is 1.28. The molecule has 1 N–H and O–H groups in total. The van der Waals surface area contributed by atoms with E-state index >= 15 is 0 Å². The predicted octanol–water partition coefficient (Wildman–Crippen LogP) is 2.86. The summed E-state index contributed by atoms with van der Waals surface area (Å²) in [5.74, 6) is -1.68. The minimum Gasteiger partial charge on any atom is -0.491 e. The van der Waals surface area contributed by atoms with Crippen molar-refractivity contribution in [2.24, 2.45) is 0 Å². The van der Waals surface area contributed by atoms with Crippen LogP contribution in [0.3, 0.4) is 0 Å². The van der Waals surface area contributed by atoms with E-state index in [1.165, 1.54) is 19.2 Å². The van der Waals surface area contributed by atoms with Crippen molar-refractivity contribution in [3.05, 3.63) is 29.3 Å². The van der Waals surface area contributed by atoms with E-state index in [4.69, 9.17) is 0 Å². The third-order valence-corrected chi connectivity index (χ3v) is 2.09. The molecule has 0 radical (unpaired) electrons. The SMILES string of the molecule is COc1c(F)cc(CNC(C)(C)C)cc1F. The molecule has 1 aromatic carbocycles. The minimum atomic E-state index is -0.673. The highest BCUT2D eigenvalue weighted by atomic mass is 19.1. The van der Waals surface area contributed by atoms with E-state index < -0.39 is 11.6 Å². The summed E-state index contributed by atoms with van der Waals surface area (Å²) in [5.41, 5.74) is 0.470. The van der Waals surface area contributed by atoms with E-state index in [0.717, 1.165) is 0 Å². The van der Waals surface area contributed by atoms with Crippen LogP contribution in [0.15, 0.2) is 12.1 Å². The molecule has 2 nitrogen and oxygen atoms in total. The molecule has 1 aromatic rings. The molecule has 0 aliphatic rings. The van der Waals surface area contributed by atoms with Gasteiger partial charge in [0, 0.05) is 12.1 Å². The molecular formula is C12H17F2NO. The number of hydrogen-bond donors (Lipinski definition) is 1. The maximum atomic E-state index is 13.3. The van der Waals surface area contributed by atoms with Crippen LogP contribution in [-0.2, 0) is 6.54 Å². The van der Waals surface area contributed by atoms with Gasteiger partial charge in [-0.3, -0.25) is 0 Å². The Balaban J connectivity index is 2.84. The van der Waals surface area contributed by atoms with Crippen LogP contribution in [0.4, 0.5) is 8.78 Å². The van der Waals surface area contributed by atoms with Gasteiger partial charge in [0.25, 0.3) is 0 Å². The third-order valence-electron chi connectivity index (χ3n) is 2.09. The lowest BCUT2D eigenvalue weighted by Crippen LogP contribution is -2.35. The summed E-state index contributed by atoms with van der Waals surface area (Å²) >= 11 is 0. The highest BCUT2D eigenvalue weighted by Crippen LogP contribution is 2.22. The normalized spacial score (nSPS) is 11.6. The van der Waals surface area contributed by atoms with Crippen molar-refractivity contribution < 1.29 is 13.5 Å². The average molecular weight is 229 g/mol. The summed E-state index contributed by atoms with van der Waals surface area (Å²) in [6.07, 6.45) is 0. The first-order valence-corrected chi connectivity index (χ1v) is 5.10.